The summed E-state index contributed by atoms with van der Waals surface area (Å²) in [4.78, 5) is 43.6. The van der Waals surface area contributed by atoms with E-state index in [-0.39, 0.29) is 23.8 Å². The Balaban J connectivity index is 1.58. The van der Waals surface area contributed by atoms with Crippen LogP contribution in [-0.2, 0) is 17.6 Å². The minimum absolute atomic E-state index is 0.0356. The number of ketones is 1. The minimum Gasteiger partial charge on any atom is -0.496 e. The molecule has 2 amide bonds. The number of nitrogens with zero attached hydrogens (tertiary/aromatic N) is 4. The molecule has 208 valence electrons. The van der Waals surface area contributed by atoms with Crippen molar-refractivity contribution >= 4 is 40.8 Å². The van der Waals surface area contributed by atoms with Crippen LogP contribution in [0.5, 0.6) is 5.75 Å². The molecular weight excluding hydrogens is 565 g/mol. The van der Waals surface area contributed by atoms with Gasteiger partial charge in [0.05, 0.1) is 30.6 Å². The summed E-state index contributed by atoms with van der Waals surface area (Å²) < 4.78 is 7.43. The molecule has 1 aliphatic carbocycles. The van der Waals surface area contributed by atoms with Gasteiger partial charge in [-0.3, -0.25) is 19.4 Å². The molecule has 2 aromatic heterocycles. The largest absolute Gasteiger partial charge is 0.496 e. The number of halogens is 2. The van der Waals surface area contributed by atoms with Crippen molar-refractivity contribution in [1.29, 1.82) is 0 Å². The Bertz CT molecular complexity index is 1730. The van der Waals surface area contributed by atoms with Gasteiger partial charge in [-0.05, 0) is 61.2 Å². The van der Waals surface area contributed by atoms with Crippen molar-refractivity contribution in [3.8, 4) is 33.8 Å². The maximum atomic E-state index is 13.8. The van der Waals surface area contributed by atoms with Crippen molar-refractivity contribution < 1.29 is 19.1 Å². The van der Waals surface area contributed by atoms with Crippen molar-refractivity contribution in [2.75, 3.05) is 20.2 Å². The van der Waals surface area contributed by atoms with E-state index in [4.69, 9.17) is 38.8 Å². The van der Waals surface area contributed by atoms with Gasteiger partial charge in [-0.25, -0.2) is 4.68 Å². The van der Waals surface area contributed by atoms with Crippen LogP contribution in [0.1, 0.15) is 44.8 Å². The van der Waals surface area contributed by atoms with Gasteiger partial charge >= 0.3 is 0 Å². The highest BCUT2D eigenvalue weighted by molar-refractivity contribution is 6.34. The number of piperidine rings is 1. The van der Waals surface area contributed by atoms with E-state index in [9.17, 15) is 14.4 Å². The van der Waals surface area contributed by atoms with Gasteiger partial charge < -0.3 is 15.4 Å². The Morgan fingerprint density at radius 2 is 1.76 bits per heavy atom. The Morgan fingerprint density at radius 1 is 0.976 bits per heavy atom. The van der Waals surface area contributed by atoms with Gasteiger partial charge in [-0.1, -0.05) is 23.2 Å². The SMILES string of the molecule is COc1cc2c(cc1-c1cncc(C(N)=O)c1)-c1c(c(C(=O)N3CCCC(=O)C3)nn1-c1cc(Cl)cc(Cl)c1)CC2. The third kappa shape index (κ3) is 4.96. The summed E-state index contributed by atoms with van der Waals surface area (Å²) in [6.45, 7) is 0.570. The molecule has 0 atom stereocenters. The number of amides is 2. The Kier molecular flexibility index (Phi) is 7.01. The molecule has 1 saturated heterocycles. The molecule has 0 spiro atoms. The lowest BCUT2D eigenvalue weighted by atomic mass is 9.86. The molecule has 0 saturated carbocycles. The number of rotatable bonds is 5. The summed E-state index contributed by atoms with van der Waals surface area (Å²) in [5, 5.41) is 5.66. The number of fused-ring (bicyclic) bond motifs is 3. The number of primary amides is 1. The molecule has 11 heteroatoms. The van der Waals surface area contributed by atoms with Crippen LogP contribution in [-0.4, -0.2) is 57.5 Å². The van der Waals surface area contributed by atoms with Gasteiger partial charge in [0, 0.05) is 57.7 Å². The zero-order valence-electron chi connectivity index (χ0n) is 22.1. The number of nitrogens with two attached hydrogens (primary N) is 1. The van der Waals surface area contributed by atoms with Crippen LogP contribution in [0.3, 0.4) is 0 Å². The highest BCUT2D eigenvalue weighted by Gasteiger charge is 2.33. The van der Waals surface area contributed by atoms with Crippen molar-refractivity contribution in [1.82, 2.24) is 19.7 Å². The van der Waals surface area contributed by atoms with E-state index in [1.165, 1.54) is 6.20 Å². The molecule has 6 rings (SSSR count). The summed E-state index contributed by atoms with van der Waals surface area (Å²) >= 11 is 12.8. The number of benzene rings is 2. The second-order valence-corrected chi connectivity index (χ2v) is 11.0. The monoisotopic (exact) mass is 589 g/mol. The number of hydrogen-bond acceptors (Lipinski definition) is 6. The summed E-state index contributed by atoms with van der Waals surface area (Å²) in [6.07, 6.45) is 5.34. The van der Waals surface area contributed by atoms with Crippen molar-refractivity contribution in [3.63, 3.8) is 0 Å². The van der Waals surface area contributed by atoms with Crippen LogP contribution >= 0.6 is 23.2 Å². The van der Waals surface area contributed by atoms with Crippen molar-refractivity contribution in [3.05, 3.63) is 81.2 Å². The number of aryl methyl sites for hydroxylation is 1. The number of likely N-dealkylation sites (tertiary alicyclic amines) is 1. The van der Waals surface area contributed by atoms with Gasteiger partial charge in [-0.2, -0.15) is 5.10 Å². The summed E-state index contributed by atoms with van der Waals surface area (Å²) in [7, 11) is 1.58. The van der Waals surface area contributed by atoms with Gasteiger partial charge in [-0.15, -0.1) is 0 Å². The van der Waals surface area contributed by atoms with E-state index < -0.39 is 5.91 Å². The van der Waals surface area contributed by atoms with E-state index >= 15 is 0 Å². The third-order valence-corrected chi connectivity index (χ3v) is 7.91. The number of carbonyl (C=O) groups is 3. The number of aromatic nitrogens is 3. The molecule has 2 aromatic carbocycles. The first kappa shape index (κ1) is 27.0. The molecule has 0 bridgehead atoms. The molecule has 1 aliphatic heterocycles. The van der Waals surface area contributed by atoms with Crippen LogP contribution in [0.15, 0.2) is 48.8 Å². The number of Topliss-reactive ketones (excluding diaryl/α,β-unsaturated/α-hetero) is 1. The number of carbonyl (C=O) groups excluding carboxylic acids is 3. The molecule has 2 aliphatic rings. The van der Waals surface area contributed by atoms with Crippen molar-refractivity contribution in [2.24, 2.45) is 5.73 Å². The first-order chi connectivity index (χ1) is 19.7. The zero-order valence-corrected chi connectivity index (χ0v) is 23.6. The molecule has 1 fully saturated rings. The van der Waals surface area contributed by atoms with Gasteiger partial charge in [0.2, 0.25) is 5.91 Å². The van der Waals surface area contributed by atoms with Crippen LogP contribution in [0.2, 0.25) is 10.0 Å². The molecule has 0 radical (unpaired) electrons. The van der Waals surface area contributed by atoms with Crippen LogP contribution in [0, 0.1) is 0 Å². The van der Waals surface area contributed by atoms with E-state index in [1.807, 2.05) is 12.1 Å². The molecular formula is C30H25Cl2N5O4. The van der Waals surface area contributed by atoms with Crippen LogP contribution in [0.4, 0.5) is 0 Å². The fraction of sp³-hybridized carbons (Fsp3) is 0.233. The number of ether oxygens (including phenoxy) is 1. The smallest absolute Gasteiger partial charge is 0.275 e. The highest BCUT2D eigenvalue weighted by Crippen LogP contribution is 2.43. The fourth-order valence-electron chi connectivity index (χ4n) is 5.57. The quantitative estimate of drug-likeness (QED) is 0.353. The normalized spacial score (nSPS) is 14.4. The molecule has 41 heavy (non-hydrogen) atoms. The van der Waals surface area contributed by atoms with Crippen molar-refractivity contribution in [2.45, 2.75) is 25.7 Å². The number of hydrogen-bond donors (Lipinski definition) is 1. The van der Waals surface area contributed by atoms with E-state index in [1.54, 1.807) is 47.2 Å². The molecule has 2 N–H and O–H groups in total. The third-order valence-electron chi connectivity index (χ3n) is 7.47. The fourth-order valence-corrected chi connectivity index (χ4v) is 6.09. The molecule has 9 nitrogen and oxygen atoms in total. The Hall–Kier alpha value is -4.21. The molecule has 4 aromatic rings. The molecule has 3 heterocycles. The second kappa shape index (κ2) is 10.6. The minimum atomic E-state index is -0.589. The highest BCUT2D eigenvalue weighted by atomic mass is 35.5. The van der Waals surface area contributed by atoms with Crippen LogP contribution in [0.25, 0.3) is 28.1 Å². The lowest BCUT2D eigenvalue weighted by molar-refractivity contribution is -0.121. The molecule has 0 unspecified atom stereocenters. The standard InChI is InChI=1S/C30H25Cl2N5O4/c1-41-26-8-16-4-5-23-27(30(40)36-6-2-3-22(38)15-36)35-37(21-10-19(31)9-20(32)11-21)28(23)25(16)12-24(26)17-7-18(29(33)39)14-34-13-17/h7-14H,2-6,15H2,1H3,(H2,33,39). The second-order valence-electron chi connectivity index (χ2n) is 10.1. The average Bonchev–Trinajstić information content (AvgIpc) is 3.36. The summed E-state index contributed by atoms with van der Waals surface area (Å²) in [6, 6.07) is 10.7. The van der Waals surface area contributed by atoms with Gasteiger partial charge in [0.15, 0.2) is 11.5 Å². The predicted octanol–water partition coefficient (Wildman–Crippen LogP) is 4.92. The van der Waals surface area contributed by atoms with Gasteiger partial charge in [0.25, 0.3) is 5.91 Å². The summed E-state index contributed by atoms with van der Waals surface area (Å²) in [5.41, 5.74) is 11.3. The first-order valence-electron chi connectivity index (χ1n) is 13.1. The summed E-state index contributed by atoms with van der Waals surface area (Å²) in [5.74, 6) is -0.227. The Labute approximate surface area is 245 Å². The zero-order chi connectivity index (χ0) is 28.8. The lowest BCUT2D eigenvalue weighted by Crippen LogP contribution is -2.40. The number of pyridine rings is 1. The topological polar surface area (TPSA) is 120 Å². The van der Waals surface area contributed by atoms with Gasteiger partial charge in [0.1, 0.15) is 5.75 Å². The van der Waals surface area contributed by atoms with E-state index in [0.717, 1.165) is 22.4 Å². The van der Waals surface area contributed by atoms with Crippen LogP contribution < -0.4 is 10.5 Å². The van der Waals surface area contributed by atoms with E-state index in [0.29, 0.717) is 70.5 Å². The average molecular weight is 590 g/mol. The predicted molar refractivity (Wildman–Crippen MR) is 155 cm³/mol. The van der Waals surface area contributed by atoms with E-state index in [2.05, 4.69) is 4.98 Å². The maximum absolute atomic E-state index is 13.8. The maximum Gasteiger partial charge on any atom is 0.275 e. The first-order valence-corrected chi connectivity index (χ1v) is 13.8. The number of methoxy groups -OCH3 is 1. The lowest BCUT2D eigenvalue weighted by Gasteiger charge is -2.26. The Morgan fingerprint density at radius 3 is 2.46 bits per heavy atom.